The second kappa shape index (κ2) is 10.6. The largest absolute Gasteiger partial charge is 0.573 e. The van der Waals surface area contributed by atoms with Gasteiger partial charge in [-0.05, 0) is 68.1 Å². The zero-order valence-corrected chi connectivity index (χ0v) is 26.2. The third-order valence-electron chi connectivity index (χ3n) is 9.09. The van der Waals surface area contributed by atoms with E-state index in [0.717, 1.165) is 28.0 Å². The molecular formula is C30H22BrCl2F3N2O7. The van der Waals surface area contributed by atoms with Crippen molar-refractivity contribution in [3.05, 3.63) is 65.2 Å². The number of hydrogen-bond donors (Lipinski definition) is 1. The Bertz CT molecular complexity index is 1720. The van der Waals surface area contributed by atoms with Gasteiger partial charge in [0.05, 0.1) is 23.0 Å². The van der Waals surface area contributed by atoms with Crippen LogP contribution in [0.2, 0.25) is 0 Å². The van der Waals surface area contributed by atoms with Crippen LogP contribution in [0.15, 0.2) is 54.1 Å². The molecule has 4 aliphatic rings. The number of allylic oxidation sites excluding steroid dienone is 2. The van der Waals surface area contributed by atoms with Crippen molar-refractivity contribution in [3.63, 3.8) is 0 Å². The number of alkyl halides is 6. The van der Waals surface area contributed by atoms with Crippen molar-refractivity contribution in [2.45, 2.75) is 41.8 Å². The molecular weight excluding hydrogens is 708 g/mol. The highest BCUT2D eigenvalue weighted by Crippen LogP contribution is 2.66. The average molecular weight is 730 g/mol. The Balaban J connectivity index is 1.50. The van der Waals surface area contributed by atoms with E-state index in [-0.39, 0.29) is 40.9 Å². The number of halogens is 6. The summed E-state index contributed by atoms with van der Waals surface area (Å²) in [6.07, 6.45) is -3.88. The summed E-state index contributed by atoms with van der Waals surface area (Å²) in [5.74, 6) is -8.95. The van der Waals surface area contributed by atoms with Gasteiger partial charge in [0.15, 0.2) is 15.5 Å². The zero-order chi connectivity index (χ0) is 32.8. The Hall–Kier alpha value is -3.42. The molecule has 3 fully saturated rings. The summed E-state index contributed by atoms with van der Waals surface area (Å²) >= 11 is 17.3. The molecule has 0 aromatic heterocycles. The minimum Gasteiger partial charge on any atom is -0.508 e. The highest BCUT2D eigenvalue weighted by molar-refractivity contribution is 9.09. The number of likely N-dealkylation sites (tertiary alicyclic amines) is 1. The molecule has 45 heavy (non-hydrogen) atoms. The van der Waals surface area contributed by atoms with Crippen LogP contribution in [-0.2, 0) is 19.2 Å². The molecule has 15 heteroatoms. The number of phenols is 1. The molecule has 0 radical (unpaired) electrons. The molecule has 2 aliphatic heterocycles. The summed E-state index contributed by atoms with van der Waals surface area (Å²) in [5, 5.41) is 11.0. The van der Waals surface area contributed by atoms with Crippen LogP contribution in [0.3, 0.4) is 0 Å². The molecule has 9 nitrogen and oxygen atoms in total. The van der Waals surface area contributed by atoms with Crippen LogP contribution in [0, 0.1) is 17.8 Å². The van der Waals surface area contributed by atoms with Crippen LogP contribution >= 0.6 is 39.1 Å². The Labute approximate surface area is 272 Å². The molecule has 0 bridgehead atoms. The Kier molecular flexibility index (Phi) is 7.41. The number of ether oxygens (including phenoxy) is 1. The van der Waals surface area contributed by atoms with E-state index in [1.165, 1.54) is 31.2 Å². The summed E-state index contributed by atoms with van der Waals surface area (Å²) in [6.45, 7) is 1.37. The van der Waals surface area contributed by atoms with Crippen molar-refractivity contribution in [1.29, 1.82) is 0 Å². The number of rotatable bonds is 5. The Morgan fingerprint density at radius 1 is 1.04 bits per heavy atom. The Morgan fingerprint density at radius 3 is 2.31 bits per heavy atom. The maximum atomic E-state index is 14.1. The highest BCUT2D eigenvalue weighted by Gasteiger charge is 2.76. The molecule has 1 N–H and O–H groups in total. The first-order valence-electron chi connectivity index (χ1n) is 13.6. The normalized spacial score (nSPS) is 31.0. The molecule has 2 aromatic rings. The molecule has 2 heterocycles. The van der Waals surface area contributed by atoms with E-state index in [1.54, 1.807) is 6.08 Å². The van der Waals surface area contributed by atoms with Crippen molar-refractivity contribution in [2.24, 2.45) is 17.8 Å². The van der Waals surface area contributed by atoms with Crippen molar-refractivity contribution in [1.82, 2.24) is 4.90 Å². The first-order valence-corrected chi connectivity index (χ1v) is 15.5. The first-order chi connectivity index (χ1) is 21.0. The minimum absolute atomic E-state index is 0.00828. The maximum Gasteiger partial charge on any atom is 0.573 e. The summed E-state index contributed by atoms with van der Waals surface area (Å²) in [7, 11) is 0. The summed E-state index contributed by atoms with van der Waals surface area (Å²) in [6, 6.07) is 8.55. The van der Waals surface area contributed by atoms with Crippen molar-refractivity contribution in [3.8, 4) is 11.5 Å². The number of amides is 4. The van der Waals surface area contributed by atoms with Gasteiger partial charge in [0, 0.05) is 17.0 Å². The fourth-order valence-electron chi connectivity index (χ4n) is 7.16. The minimum atomic E-state index is -5.09. The van der Waals surface area contributed by atoms with E-state index in [4.69, 9.17) is 23.2 Å². The lowest BCUT2D eigenvalue weighted by Gasteiger charge is -2.50. The lowest BCUT2D eigenvalue weighted by molar-refractivity contribution is -0.274. The number of nitrogens with zero attached hydrogens (tertiary/aromatic N) is 2. The molecule has 4 amide bonds. The number of imide groups is 2. The molecule has 2 saturated heterocycles. The fourth-order valence-corrected chi connectivity index (χ4v) is 8.58. The van der Waals surface area contributed by atoms with Gasteiger partial charge in [-0.2, -0.15) is 0 Å². The van der Waals surface area contributed by atoms with Crippen LogP contribution in [0.4, 0.5) is 18.9 Å². The number of Topliss-reactive ketones (excluding diaryl/α,β-unsaturated/α-hetero) is 1. The van der Waals surface area contributed by atoms with Gasteiger partial charge < -0.3 is 9.84 Å². The second-order valence-corrected chi connectivity index (χ2v) is 13.1. The number of phenolic OH excluding ortho intramolecular Hbond substituents is 1. The molecule has 236 valence electrons. The number of carbonyl (C=O) groups excluding carboxylic acids is 5. The van der Waals surface area contributed by atoms with E-state index in [2.05, 4.69) is 20.7 Å². The van der Waals surface area contributed by atoms with E-state index in [9.17, 15) is 42.3 Å². The van der Waals surface area contributed by atoms with Crippen molar-refractivity contribution < 1.29 is 47.0 Å². The fraction of sp³-hybridized carbons (Fsp3) is 0.367. The molecule has 1 saturated carbocycles. The topological polar surface area (TPSA) is 121 Å². The second-order valence-electron chi connectivity index (χ2n) is 11.4. The number of ketones is 1. The smallest absolute Gasteiger partial charge is 0.508 e. The summed E-state index contributed by atoms with van der Waals surface area (Å²) in [4.78, 5) is 64.2. The third kappa shape index (κ3) is 4.52. The lowest BCUT2D eigenvalue weighted by Crippen LogP contribution is -2.60. The van der Waals surface area contributed by atoms with Gasteiger partial charge in [-0.15, -0.1) is 36.4 Å². The van der Waals surface area contributed by atoms with Gasteiger partial charge in [-0.25, -0.2) is 0 Å². The molecule has 0 spiro atoms. The molecule has 2 aliphatic carbocycles. The summed E-state index contributed by atoms with van der Waals surface area (Å²) < 4.78 is 43.6. The van der Waals surface area contributed by atoms with Crippen LogP contribution in [0.25, 0.3) is 0 Å². The number of carbonyl (C=O) groups is 5. The average Bonchev–Trinajstić information content (AvgIpc) is 3.31. The standard InChI is InChI=1S/C30H22BrCl2F3N2O7/c1-13(39)14-2-4-15(5-3-14)38-24(41)18-8-7-17-20(22(18)25(38)42)11-28(32)26(43)37(12-31)27(44)29(28,33)23(17)19-10-16(6-9-21(19)40)45-30(34,35)36/h2-7,9-10,18,20,22-23,40H,8,11-12H2,1H3/t18-,20+,22-,23+,28+,29-/m0/s1. The molecule has 6 rings (SSSR count). The maximum absolute atomic E-state index is 14.1. The van der Waals surface area contributed by atoms with E-state index < -0.39 is 74.9 Å². The van der Waals surface area contributed by atoms with Crippen LogP contribution in [0.1, 0.15) is 41.6 Å². The monoisotopic (exact) mass is 728 g/mol. The van der Waals surface area contributed by atoms with Gasteiger partial charge in [-0.1, -0.05) is 27.6 Å². The number of hydrogen-bond acceptors (Lipinski definition) is 7. The van der Waals surface area contributed by atoms with Crippen LogP contribution < -0.4 is 9.64 Å². The molecule has 2 aromatic carbocycles. The van der Waals surface area contributed by atoms with Gasteiger partial charge >= 0.3 is 6.36 Å². The van der Waals surface area contributed by atoms with Crippen molar-refractivity contribution >= 4 is 74.2 Å². The van der Waals surface area contributed by atoms with Crippen LogP contribution in [-0.4, -0.2) is 61.0 Å². The Morgan fingerprint density at radius 2 is 1.71 bits per heavy atom. The van der Waals surface area contributed by atoms with Gasteiger partial charge in [-0.3, -0.25) is 33.8 Å². The summed E-state index contributed by atoms with van der Waals surface area (Å²) in [5.41, 5.74) is 0.277. The molecule has 0 unspecified atom stereocenters. The van der Waals surface area contributed by atoms with Crippen LogP contribution in [0.5, 0.6) is 11.5 Å². The van der Waals surface area contributed by atoms with E-state index in [1.807, 2.05) is 0 Å². The predicted molar refractivity (Wildman–Crippen MR) is 157 cm³/mol. The van der Waals surface area contributed by atoms with E-state index >= 15 is 0 Å². The van der Waals surface area contributed by atoms with Gasteiger partial charge in [0.1, 0.15) is 11.5 Å². The van der Waals surface area contributed by atoms with E-state index in [0.29, 0.717) is 5.56 Å². The third-order valence-corrected chi connectivity index (χ3v) is 11.0. The SMILES string of the molecule is CC(=O)c1ccc(N2C(=O)[C@H]3[C@H](CC=C4[C@H]3C[C@@]3(Cl)C(=O)N(CBr)C(=O)[C@@]3(Cl)[C@H]4c3cc(OC(F)(F)F)ccc3O)C2=O)cc1. The number of anilines is 1. The first kappa shape index (κ1) is 31.6. The lowest BCUT2D eigenvalue weighted by atomic mass is 9.56. The van der Waals surface area contributed by atoms with Gasteiger partial charge in [0.25, 0.3) is 11.8 Å². The number of benzene rings is 2. The van der Waals surface area contributed by atoms with Crippen molar-refractivity contribution in [2.75, 3.05) is 10.4 Å². The number of aromatic hydroxyl groups is 1. The molecule has 6 atom stereocenters. The predicted octanol–water partition coefficient (Wildman–Crippen LogP) is 5.41. The number of fused-ring (bicyclic) bond motifs is 4. The van der Waals surface area contributed by atoms with Gasteiger partial charge in [0.2, 0.25) is 11.8 Å². The quantitative estimate of drug-likeness (QED) is 0.144. The zero-order valence-electron chi connectivity index (χ0n) is 23.1. The highest BCUT2D eigenvalue weighted by atomic mass is 79.9.